The molecule has 2 rings (SSSR count). The van der Waals surface area contributed by atoms with E-state index in [2.05, 4.69) is 5.32 Å². The first-order valence-corrected chi connectivity index (χ1v) is 7.92. The Morgan fingerprint density at radius 2 is 1.92 bits per heavy atom. The van der Waals surface area contributed by atoms with Crippen molar-refractivity contribution in [2.24, 2.45) is 5.92 Å². The van der Waals surface area contributed by atoms with Crippen LogP contribution in [0.15, 0.2) is 11.8 Å². The summed E-state index contributed by atoms with van der Waals surface area (Å²) in [5.41, 5.74) is 0. The fourth-order valence-electron chi connectivity index (χ4n) is 3.08. The van der Waals surface area contributed by atoms with Crippen molar-refractivity contribution in [2.45, 2.75) is 56.1 Å². The molecule has 0 radical (unpaired) electrons. The number of nitrogens with one attached hydrogen (secondary N) is 1. The summed E-state index contributed by atoms with van der Waals surface area (Å²) in [5.74, 6) is -2.57. The van der Waals surface area contributed by atoms with E-state index in [0.717, 1.165) is 31.8 Å². The summed E-state index contributed by atoms with van der Waals surface area (Å²) in [6, 6.07) is -1.14. The second kappa shape index (κ2) is 7.93. The van der Waals surface area contributed by atoms with Crippen molar-refractivity contribution in [3.63, 3.8) is 0 Å². The maximum absolute atomic E-state index is 12.3. The molecule has 0 spiro atoms. The van der Waals surface area contributed by atoms with E-state index in [0.29, 0.717) is 0 Å². The predicted octanol–water partition coefficient (Wildman–Crippen LogP) is -1.90. The zero-order valence-corrected chi connectivity index (χ0v) is 13.0. The molecule has 1 fully saturated rings. The molecule has 1 aliphatic heterocycles. The lowest BCUT2D eigenvalue weighted by atomic mass is 9.93. The monoisotopic (exact) mass is 345 g/mol. The van der Waals surface area contributed by atoms with Crippen LogP contribution in [0.2, 0.25) is 0 Å². The van der Waals surface area contributed by atoms with E-state index >= 15 is 0 Å². The molecular formula is C15H23NO8. The van der Waals surface area contributed by atoms with E-state index in [1.54, 1.807) is 0 Å². The third-order valence-electron chi connectivity index (χ3n) is 4.47. The number of carbonyl (C=O) groups is 2. The SMILES string of the molecule is O=C(O)C1=C[C@H](O)[C@@H](NC(=O)C2CCCC2)[C@H]([C@H](O)[C@H](O)CO)O1. The van der Waals surface area contributed by atoms with Crippen molar-refractivity contribution < 1.29 is 39.9 Å². The Balaban J connectivity index is 2.19. The maximum Gasteiger partial charge on any atom is 0.370 e. The van der Waals surface area contributed by atoms with Crippen LogP contribution in [0.25, 0.3) is 0 Å². The van der Waals surface area contributed by atoms with Crippen LogP contribution >= 0.6 is 0 Å². The molecule has 1 heterocycles. The van der Waals surface area contributed by atoms with Gasteiger partial charge in [-0.15, -0.1) is 0 Å². The highest BCUT2D eigenvalue weighted by atomic mass is 16.5. The Hall–Kier alpha value is -1.68. The zero-order valence-electron chi connectivity index (χ0n) is 13.0. The smallest absolute Gasteiger partial charge is 0.370 e. The first-order valence-electron chi connectivity index (χ1n) is 7.92. The lowest BCUT2D eigenvalue weighted by Crippen LogP contribution is -2.60. The van der Waals surface area contributed by atoms with Crippen molar-refractivity contribution in [1.29, 1.82) is 0 Å². The number of aliphatic hydroxyl groups excluding tert-OH is 4. The Bertz CT molecular complexity index is 502. The molecule has 1 amide bonds. The van der Waals surface area contributed by atoms with Crippen LogP contribution in [0.5, 0.6) is 0 Å². The van der Waals surface area contributed by atoms with Crippen molar-refractivity contribution in [1.82, 2.24) is 5.32 Å². The first kappa shape index (κ1) is 18.7. The molecule has 1 saturated carbocycles. The maximum atomic E-state index is 12.3. The molecule has 136 valence electrons. The summed E-state index contributed by atoms with van der Waals surface area (Å²) >= 11 is 0. The Kier molecular flexibility index (Phi) is 6.16. The number of hydrogen-bond donors (Lipinski definition) is 6. The molecule has 9 heteroatoms. The summed E-state index contributed by atoms with van der Waals surface area (Å²) in [4.78, 5) is 23.3. The number of ether oxygens (including phenoxy) is 1. The number of carboxylic acid groups (broad SMARTS) is 1. The lowest BCUT2D eigenvalue weighted by molar-refractivity contribution is -0.150. The largest absolute Gasteiger partial charge is 0.478 e. The minimum Gasteiger partial charge on any atom is -0.478 e. The molecule has 0 bridgehead atoms. The molecule has 9 nitrogen and oxygen atoms in total. The molecule has 6 N–H and O–H groups in total. The molecule has 1 aliphatic carbocycles. The summed E-state index contributed by atoms with van der Waals surface area (Å²) in [6.07, 6.45) is -1.90. The van der Waals surface area contributed by atoms with Crippen LogP contribution in [0.1, 0.15) is 25.7 Å². The lowest BCUT2D eigenvalue weighted by Gasteiger charge is -2.38. The van der Waals surface area contributed by atoms with Crippen molar-refractivity contribution in [2.75, 3.05) is 6.61 Å². The molecule has 0 aromatic carbocycles. The van der Waals surface area contributed by atoms with Gasteiger partial charge in [-0.3, -0.25) is 4.79 Å². The van der Waals surface area contributed by atoms with Gasteiger partial charge in [-0.25, -0.2) is 4.79 Å². The van der Waals surface area contributed by atoms with Gasteiger partial charge in [0.2, 0.25) is 11.7 Å². The average molecular weight is 345 g/mol. The Morgan fingerprint density at radius 1 is 1.29 bits per heavy atom. The predicted molar refractivity (Wildman–Crippen MR) is 79.6 cm³/mol. The van der Waals surface area contributed by atoms with Gasteiger partial charge in [0.25, 0.3) is 0 Å². The van der Waals surface area contributed by atoms with Gasteiger partial charge in [0.15, 0.2) is 6.10 Å². The van der Waals surface area contributed by atoms with Gasteiger partial charge in [-0.05, 0) is 18.9 Å². The number of carboxylic acids is 1. The highest BCUT2D eigenvalue weighted by Gasteiger charge is 2.43. The van der Waals surface area contributed by atoms with E-state index in [-0.39, 0.29) is 11.8 Å². The van der Waals surface area contributed by atoms with E-state index in [9.17, 15) is 24.9 Å². The summed E-state index contributed by atoms with van der Waals surface area (Å²) in [7, 11) is 0. The molecule has 5 atom stereocenters. The van der Waals surface area contributed by atoms with Crippen LogP contribution in [0.3, 0.4) is 0 Å². The van der Waals surface area contributed by atoms with Gasteiger partial charge in [0.1, 0.15) is 18.3 Å². The zero-order chi connectivity index (χ0) is 17.9. The van der Waals surface area contributed by atoms with E-state index in [4.69, 9.17) is 14.9 Å². The van der Waals surface area contributed by atoms with Gasteiger partial charge in [-0.2, -0.15) is 0 Å². The molecular weight excluding hydrogens is 322 g/mol. The van der Waals surface area contributed by atoms with Crippen molar-refractivity contribution >= 4 is 11.9 Å². The van der Waals surface area contributed by atoms with Gasteiger partial charge in [-0.1, -0.05) is 12.8 Å². The van der Waals surface area contributed by atoms with Crippen LogP contribution in [0, 0.1) is 5.92 Å². The third-order valence-corrected chi connectivity index (χ3v) is 4.47. The first-order chi connectivity index (χ1) is 11.3. The second-order valence-electron chi connectivity index (χ2n) is 6.17. The minimum atomic E-state index is -1.69. The standard InChI is InChI=1S/C15H23NO8/c17-6-9(19)12(20)13-11(8(18)5-10(24-13)15(22)23)16-14(21)7-3-1-2-4-7/h5,7-9,11-13,17-20H,1-4,6H2,(H,16,21)(H,22,23)/t8-,9+,11+,12+,13+/m0/s1. The molecule has 24 heavy (non-hydrogen) atoms. The van der Waals surface area contributed by atoms with Crippen LogP contribution < -0.4 is 5.32 Å². The van der Waals surface area contributed by atoms with Gasteiger partial charge in [0, 0.05) is 5.92 Å². The number of hydrogen-bond acceptors (Lipinski definition) is 7. The van der Waals surface area contributed by atoms with Crippen LogP contribution in [-0.2, 0) is 14.3 Å². The Morgan fingerprint density at radius 3 is 2.46 bits per heavy atom. The Labute approximate surface area is 138 Å². The van der Waals surface area contributed by atoms with E-state index < -0.39 is 48.8 Å². The fourth-order valence-corrected chi connectivity index (χ4v) is 3.08. The topological polar surface area (TPSA) is 157 Å². The van der Waals surface area contributed by atoms with Crippen LogP contribution in [-0.4, -0.2) is 74.5 Å². The van der Waals surface area contributed by atoms with Crippen LogP contribution in [0.4, 0.5) is 0 Å². The number of aliphatic hydroxyl groups is 4. The highest BCUT2D eigenvalue weighted by Crippen LogP contribution is 2.27. The van der Waals surface area contributed by atoms with Crippen molar-refractivity contribution in [3.8, 4) is 0 Å². The second-order valence-corrected chi connectivity index (χ2v) is 6.17. The number of amides is 1. The molecule has 0 saturated heterocycles. The molecule has 0 aromatic heterocycles. The summed E-state index contributed by atoms with van der Waals surface area (Å²) in [5, 5.41) is 50.4. The quantitative estimate of drug-likeness (QED) is 0.326. The summed E-state index contributed by atoms with van der Waals surface area (Å²) in [6.45, 7) is -0.785. The number of rotatable bonds is 6. The number of carbonyl (C=O) groups excluding carboxylic acids is 1. The molecule has 2 aliphatic rings. The average Bonchev–Trinajstić information content (AvgIpc) is 3.09. The highest BCUT2D eigenvalue weighted by molar-refractivity contribution is 5.85. The molecule has 0 unspecified atom stereocenters. The van der Waals surface area contributed by atoms with Gasteiger partial charge < -0.3 is 35.6 Å². The fraction of sp³-hybridized carbons (Fsp3) is 0.733. The van der Waals surface area contributed by atoms with Gasteiger partial charge in [0.05, 0.1) is 12.6 Å². The number of aliphatic carboxylic acids is 1. The summed E-state index contributed by atoms with van der Waals surface area (Å²) < 4.78 is 5.14. The third kappa shape index (κ3) is 4.04. The van der Waals surface area contributed by atoms with E-state index in [1.807, 2.05) is 0 Å². The van der Waals surface area contributed by atoms with Crippen molar-refractivity contribution in [3.05, 3.63) is 11.8 Å². The van der Waals surface area contributed by atoms with Gasteiger partial charge >= 0.3 is 5.97 Å². The normalized spacial score (nSPS) is 30.2. The minimum absolute atomic E-state index is 0.206. The molecule has 0 aromatic rings. The van der Waals surface area contributed by atoms with E-state index in [1.165, 1.54) is 0 Å².